The van der Waals surface area contributed by atoms with Gasteiger partial charge in [0, 0.05) is 40.9 Å². The normalized spacial score (nSPS) is 11.6. The van der Waals surface area contributed by atoms with Gasteiger partial charge in [-0.2, -0.15) is 9.98 Å². The molecule has 2 aromatic heterocycles. The number of alkyl carbamates (subject to hydrolysis) is 1. The Morgan fingerprint density at radius 3 is 1.30 bits per heavy atom. The second kappa shape index (κ2) is 22.4. The minimum atomic E-state index is -1.06. The van der Waals surface area contributed by atoms with E-state index in [0.717, 1.165) is 42.1 Å². The number of nitrogens with two attached hydrogens (primary N) is 3. The number of nitrogens with zero attached hydrogens (tertiary/aromatic N) is 6. The molecule has 0 radical (unpaired) electrons. The highest BCUT2D eigenvalue weighted by Gasteiger charge is 2.24. The van der Waals surface area contributed by atoms with Gasteiger partial charge < -0.3 is 36.1 Å². The number of guanidine groups is 2. The number of carbonyl (C=O) groups is 3. The van der Waals surface area contributed by atoms with Gasteiger partial charge in [-0.25, -0.2) is 34.3 Å². The Bertz CT molecular complexity index is 2750. The van der Waals surface area contributed by atoms with Crippen molar-refractivity contribution < 1.29 is 33.3 Å². The van der Waals surface area contributed by atoms with Crippen molar-refractivity contribution in [2.75, 3.05) is 0 Å². The van der Waals surface area contributed by atoms with Crippen LogP contribution in [0.15, 0.2) is 104 Å². The molecule has 7 N–H and O–H groups in total. The Morgan fingerprint density at radius 1 is 0.561 bits per heavy atom. The first-order valence-electron chi connectivity index (χ1n) is 19.7. The van der Waals surface area contributed by atoms with Gasteiger partial charge in [-0.1, -0.05) is 79.3 Å². The molecule has 4 aromatic carbocycles. The Morgan fingerprint density at radius 2 is 0.939 bits per heavy atom. The minimum absolute atomic E-state index is 0.0879. The first-order chi connectivity index (χ1) is 30.6. The number of hydrogen-bond acceptors (Lipinski definition) is 13. The summed E-state index contributed by atoms with van der Waals surface area (Å²) in [6, 6.07) is 26.2. The molecule has 348 valence electrons. The van der Waals surface area contributed by atoms with Gasteiger partial charge in [-0.3, -0.25) is 5.32 Å². The highest BCUT2D eigenvalue weighted by molar-refractivity contribution is 9.10. The lowest BCUT2D eigenvalue weighted by Gasteiger charge is -2.20. The molecule has 0 aliphatic carbocycles. The molecule has 0 spiro atoms. The highest BCUT2D eigenvalue weighted by atomic mass is 79.9. The van der Waals surface area contributed by atoms with Crippen LogP contribution in [0.2, 0.25) is 10.0 Å². The van der Waals surface area contributed by atoms with E-state index in [1.54, 1.807) is 86.6 Å². The summed E-state index contributed by atoms with van der Waals surface area (Å²) in [5.74, 6) is 0.0587. The van der Waals surface area contributed by atoms with E-state index in [1.807, 2.05) is 60.7 Å². The summed E-state index contributed by atoms with van der Waals surface area (Å²) >= 11 is 19.1. The van der Waals surface area contributed by atoms with Crippen LogP contribution in [0.1, 0.15) is 62.3 Å². The Hall–Kier alpha value is -6.15. The molecule has 0 saturated heterocycles. The Balaban J connectivity index is 0.000000229. The van der Waals surface area contributed by atoms with Gasteiger partial charge in [0.05, 0.1) is 22.4 Å². The molecule has 0 aliphatic rings. The Labute approximate surface area is 408 Å². The fourth-order valence-electron chi connectivity index (χ4n) is 5.20. The van der Waals surface area contributed by atoms with E-state index < -0.39 is 35.2 Å². The minimum Gasteiger partial charge on any atom is -0.444 e. The molecule has 2 heterocycles. The van der Waals surface area contributed by atoms with Crippen LogP contribution >= 0.6 is 55.1 Å². The van der Waals surface area contributed by atoms with Gasteiger partial charge in [-0.15, -0.1) is 0 Å². The van der Waals surface area contributed by atoms with Crippen molar-refractivity contribution >= 4 is 119 Å². The van der Waals surface area contributed by atoms with Gasteiger partial charge in [-0.05, 0) is 123 Å². The molecule has 0 bridgehead atoms. The predicted molar refractivity (Wildman–Crippen MR) is 265 cm³/mol. The lowest BCUT2D eigenvalue weighted by Crippen LogP contribution is -2.40. The second-order valence-corrected chi connectivity index (χ2v) is 19.5. The van der Waals surface area contributed by atoms with E-state index in [0.29, 0.717) is 21.3 Å². The van der Waals surface area contributed by atoms with Crippen LogP contribution in [0.25, 0.3) is 44.3 Å². The van der Waals surface area contributed by atoms with E-state index in [1.165, 1.54) is 0 Å². The monoisotopic (exact) mass is 1070 g/mol. The quantitative estimate of drug-likeness (QED) is 0.0421. The van der Waals surface area contributed by atoms with Crippen molar-refractivity contribution in [3.63, 3.8) is 0 Å². The van der Waals surface area contributed by atoms with Gasteiger partial charge >= 0.3 is 18.4 Å². The number of benzene rings is 4. The molecule has 0 atom stereocenters. The van der Waals surface area contributed by atoms with Crippen molar-refractivity contribution in [2.45, 2.75) is 79.1 Å². The first kappa shape index (κ1) is 52.5. The van der Waals surface area contributed by atoms with E-state index in [2.05, 4.69) is 71.8 Å². The van der Waals surface area contributed by atoms with Crippen LogP contribution < -0.4 is 22.5 Å². The zero-order valence-electron chi connectivity index (χ0n) is 37.4. The molecular weight excluding hydrogens is 1020 g/mol. The number of aromatic nitrogens is 4. The summed E-state index contributed by atoms with van der Waals surface area (Å²) in [5.41, 5.74) is 19.1. The molecule has 66 heavy (non-hydrogen) atoms. The SMILES string of the molecule is CC(C)(C)OC(=O)NC(N)=Nc1nc(-c2ccc(Br)cc2)c2cc(Cl)ccc2n1.CC(C)(C)OC(=O)OC(=O)OC(C)(C)C.NC(N)=Nc1nc(-c2ccc(Br)cc2)c2cc(Cl)ccc2n1. The van der Waals surface area contributed by atoms with Crippen molar-refractivity contribution in [1.29, 1.82) is 0 Å². The molecule has 6 rings (SSSR count). The summed E-state index contributed by atoms with van der Waals surface area (Å²) < 4.78 is 20.9. The van der Waals surface area contributed by atoms with Crippen LogP contribution in [0.5, 0.6) is 0 Å². The fourth-order valence-corrected chi connectivity index (χ4v) is 6.07. The van der Waals surface area contributed by atoms with E-state index in [9.17, 15) is 14.4 Å². The van der Waals surface area contributed by atoms with Crippen molar-refractivity contribution in [1.82, 2.24) is 25.3 Å². The summed E-state index contributed by atoms with van der Waals surface area (Å²) in [4.78, 5) is 59.7. The molecule has 0 aliphatic heterocycles. The summed E-state index contributed by atoms with van der Waals surface area (Å²) in [6.07, 6.45) is -2.83. The highest BCUT2D eigenvalue weighted by Crippen LogP contribution is 2.32. The number of halogens is 4. The number of aliphatic imine (C=N–C) groups is 2. The van der Waals surface area contributed by atoms with Crippen molar-refractivity contribution in [2.24, 2.45) is 27.2 Å². The third-order valence-electron chi connectivity index (χ3n) is 7.55. The van der Waals surface area contributed by atoms with Crippen LogP contribution in [-0.4, -0.2) is 67.1 Å². The summed E-state index contributed by atoms with van der Waals surface area (Å²) in [7, 11) is 0. The standard InChI is InChI=1S/C20H19BrClN5O2.C15H11BrClN5.C10H18O5/c1-20(2,3)29-19(28)27-17(23)26-18-24-15-9-8-13(22)10-14(15)16(25-18)11-4-6-12(21)7-5-11;16-9-3-1-8(2-4-9)13-11-7-10(17)5-6-12(11)20-15(21-13)22-14(18)19;1-9(2,3)14-7(11)13-8(12)15-10(4,5)6/h4-10H,1-3H3,(H3,23,24,25,26,27,28);1-7H,(H4,18,19,20,21,22);1-6H3. The number of carbonyl (C=O) groups excluding carboxylic acids is 3. The average Bonchev–Trinajstić information content (AvgIpc) is 3.16. The molecule has 0 unspecified atom stereocenters. The Kier molecular flexibility index (Phi) is 17.8. The van der Waals surface area contributed by atoms with E-state index >= 15 is 0 Å². The van der Waals surface area contributed by atoms with Crippen LogP contribution in [-0.2, 0) is 18.9 Å². The van der Waals surface area contributed by atoms with Gasteiger partial charge in [0.1, 0.15) is 16.8 Å². The fraction of sp³-hybridized carbons (Fsp3) is 0.267. The topological polar surface area (TPSA) is 254 Å². The number of rotatable bonds is 4. The second-order valence-electron chi connectivity index (χ2n) is 16.8. The molecule has 0 saturated carbocycles. The molecule has 21 heteroatoms. The maximum absolute atomic E-state index is 11.9. The summed E-state index contributed by atoms with van der Waals surface area (Å²) in [6.45, 7) is 15.3. The average molecular weight is 1070 g/mol. The maximum atomic E-state index is 11.9. The molecular formula is C45H48Br2Cl2N10O7. The largest absolute Gasteiger partial charge is 0.519 e. The van der Waals surface area contributed by atoms with Gasteiger partial charge in [0.2, 0.25) is 5.96 Å². The third kappa shape index (κ3) is 17.7. The number of ether oxygens (including phenoxy) is 4. The van der Waals surface area contributed by atoms with Crippen molar-refractivity contribution in [3.05, 3.63) is 104 Å². The van der Waals surface area contributed by atoms with Gasteiger partial charge in [0.25, 0.3) is 11.9 Å². The number of nitrogens with one attached hydrogen (secondary N) is 1. The molecule has 0 fully saturated rings. The first-order valence-corrected chi connectivity index (χ1v) is 22.0. The number of hydrogen-bond donors (Lipinski definition) is 4. The van der Waals surface area contributed by atoms with Gasteiger partial charge in [0.15, 0.2) is 5.96 Å². The molecule has 6 aromatic rings. The lowest BCUT2D eigenvalue weighted by molar-refractivity contribution is -0.0294. The zero-order valence-corrected chi connectivity index (χ0v) is 42.1. The lowest BCUT2D eigenvalue weighted by atomic mass is 10.1. The number of amides is 1. The molecule has 1 amide bonds. The van der Waals surface area contributed by atoms with E-state index in [-0.39, 0.29) is 23.8 Å². The smallest absolute Gasteiger partial charge is 0.444 e. The van der Waals surface area contributed by atoms with Crippen LogP contribution in [0.3, 0.4) is 0 Å². The van der Waals surface area contributed by atoms with Crippen molar-refractivity contribution in [3.8, 4) is 22.5 Å². The predicted octanol–water partition coefficient (Wildman–Crippen LogP) is 11.7. The van der Waals surface area contributed by atoms with Crippen LogP contribution in [0.4, 0.5) is 26.3 Å². The number of fused-ring (bicyclic) bond motifs is 2. The van der Waals surface area contributed by atoms with E-state index in [4.69, 9.17) is 54.6 Å². The zero-order chi connectivity index (χ0) is 49.1. The maximum Gasteiger partial charge on any atom is 0.519 e. The van der Waals surface area contributed by atoms with Crippen LogP contribution in [0, 0.1) is 0 Å². The molecule has 17 nitrogen and oxygen atoms in total. The third-order valence-corrected chi connectivity index (χ3v) is 9.08. The summed E-state index contributed by atoms with van der Waals surface area (Å²) in [5, 5.41) is 5.17.